The number of aliphatic imine (C=N–C) groups is 1. The third-order valence-electron chi connectivity index (χ3n) is 5.06. The summed E-state index contributed by atoms with van der Waals surface area (Å²) in [6, 6.07) is 21.4. The summed E-state index contributed by atoms with van der Waals surface area (Å²) in [4.78, 5) is 39.0. The molecule has 33 heavy (non-hydrogen) atoms. The summed E-state index contributed by atoms with van der Waals surface area (Å²) >= 11 is 0. The van der Waals surface area contributed by atoms with Crippen LogP contribution in [0.3, 0.4) is 0 Å². The Kier molecular flexibility index (Phi) is 6.22. The first-order valence-electron chi connectivity index (χ1n) is 10.5. The Morgan fingerprint density at radius 1 is 0.758 bits per heavy atom. The SMILES string of the molecule is Cc1cc(C)c2nc(N=C(NC(=O)c3ccccc3)NC(=O)c3ccccc3)nc(C)c2c1. The van der Waals surface area contributed by atoms with E-state index in [1.54, 1.807) is 48.5 Å². The third-order valence-corrected chi connectivity index (χ3v) is 5.06. The van der Waals surface area contributed by atoms with Gasteiger partial charge in [-0.15, -0.1) is 0 Å². The Hall–Kier alpha value is -4.39. The van der Waals surface area contributed by atoms with Crippen molar-refractivity contribution in [2.24, 2.45) is 4.99 Å². The summed E-state index contributed by atoms with van der Waals surface area (Å²) in [6.45, 7) is 5.88. The molecule has 4 aromatic rings. The van der Waals surface area contributed by atoms with Crippen molar-refractivity contribution >= 4 is 34.6 Å². The number of carbonyl (C=O) groups is 2. The molecule has 164 valence electrons. The van der Waals surface area contributed by atoms with E-state index < -0.39 is 11.8 Å². The van der Waals surface area contributed by atoms with E-state index in [0.717, 1.165) is 27.7 Å². The summed E-state index contributed by atoms with van der Waals surface area (Å²) in [7, 11) is 0. The van der Waals surface area contributed by atoms with E-state index in [4.69, 9.17) is 0 Å². The van der Waals surface area contributed by atoms with E-state index in [0.29, 0.717) is 11.1 Å². The fourth-order valence-corrected chi connectivity index (χ4v) is 3.50. The molecular formula is C26H23N5O2. The molecule has 2 N–H and O–H groups in total. The number of rotatable bonds is 3. The van der Waals surface area contributed by atoms with Gasteiger partial charge in [0.05, 0.1) is 11.2 Å². The molecule has 0 spiro atoms. The standard InChI is InChI=1S/C26H23N5O2/c1-16-14-17(2)22-21(15-16)18(3)27-25(28-22)31-26(29-23(32)19-10-6-4-7-11-19)30-24(33)20-12-8-5-9-13-20/h4-15H,1-3H3,(H2,27,28,29,30,31,32,33). The molecule has 0 atom stereocenters. The highest BCUT2D eigenvalue weighted by Gasteiger charge is 2.15. The number of aryl methyl sites for hydroxylation is 3. The zero-order chi connectivity index (χ0) is 23.4. The van der Waals surface area contributed by atoms with Gasteiger partial charge in [-0.2, -0.15) is 4.99 Å². The number of nitrogens with one attached hydrogen (secondary N) is 2. The summed E-state index contributed by atoms with van der Waals surface area (Å²) < 4.78 is 0. The minimum atomic E-state index is -0.410. The zero-order valence-electron chi connectivity index (χ0n) is 18.6. The van der Waals surface area contributed by atoms with Crippen LogP contribution in [0.1, 0.15) is 37.5 Å². The molecule has 0 aliphatic rings. The topological polar surface area (TPSA) is 96.3 Å². The number of nitrogens with zero attached hydrogens (tertiary/aromatic N) is 3. The molecule has 4 rings (SSSR count). The quantitative estimate of drug-likeness (QED) is 0.367. The number of carbonyl (C=O) groups excluding carboxylic acids is 2. The van der Waals surface area contributed by atoms with Crippen molar-refractivity contribution in [1.82, 2.24) is 20.6 Å². The van der Waals surface area contributed by atoms with Crippen molar-refractivity contribution in [3.63, 3.8) is 0 Å². The first-order chi connectivity index (χ1) is 15.9. The van der Waals surface area contributed by atoms with Crippen LogP contribution in [-0.4, -0.2) is 27.7 Å². The molecule has 7 heteroatoms. The average Bonchev–Trinajstić information content (AvgIpc) is 2.81. The Morgan fingerprint density at radius 3 is 1.85 bits per heavy atom. The van der Waals surface area contributed by atoms with E-state index in [2.05, 4.69) is 25.6 Å². The first kappa shape index (κ1) is 21.8. The Morgan fingerprint density at radius 2 is 1.30 bits per heavy atom. The third kappa shape index (κ3) is 5.10. The summed E-state index contributed by atoms with van der Waals surface area (Å²) in [6.07, 6.45) is 0. The summed E-state index contributed by atoms with van der Waals surface area (Å²) in [5, 5.41) is 6.29. The lowest BCUT2D eigenvalue weighted by molar-refractivity contribution is 0.0966. The molecule has 0 saturated carbocycles. The Balaban J connectivity index is 1.73. The van der Waals surface area contributed by atoms with Crippen LogP contribution in [0, 0.1) is 20.8 Å². The second-order valence-corrected chi connectivity index (χ2v) is 7.69. The number of fused-ring (bicyclic) bond motifs is 1. The van der Waals surface area contributed by atoms with Gasteiger partial charge < -0.3 is 0 Å². The van der Waals surface area contributed by atoms with Crippen LogP contribution in [0.5, 0.6) is 0 Å². The van der Waals surface area contributed by atoms with Gasteiger partial charge in [0.25, 0.3) is 17.8 Å². The van der Waals surface area contributed by atoms with Crippen molar-refractivity contribution < 1.29 is 9.59 Å². The van der Waals surface area contributed by atoms with Crippen molar-refractivity contribution in [3.05, 3.63) is 101 Å². The van der Waals surface area contributed by atoms with Crippen LogP contribution in [0.4, 0.5) is 5.95 Å². The van der Waals surface area contributed by atoms with Gasteiger partial charge in [-0.3, -0.25) is 20.2 Å². The molecule has 0 fully saturated rings. The van der Waals surface area contributed by atoms with Gasteiger partial charge in [-0.05, 0) is 56.7 Å². The minimum absolute atomic E-state index is 0.0544. The maximum Gasteiger partial charge on any atom is 0.257 e. The van der Waals surface area contributed by atoms with Crippen molar-refractivity contribution in [3.8, 4) is 0 Å². The van der Waals surface area contributed by atoms with Gasteiger partial charge >= 0.3 is 0 Å². The number of hydrogen-bond donors (Lipinski definition) is 2. The molecule has 0 bridgehead atoms. The van der Waals surface area contributed by atoms with E-state index in [1.165, 1.54) is 0 Å². The van der Waals surface area contributed by atoms with Crippen LogP contribution in [0.2, 0.25) is 0 Å². The van der Waals surface area contributed by atoms with Gasteiger partial charge in [-0.1, -0.05) is 48.0 Å². The smallest absolute Gasteiger partial charge is 0.257 e. The molecule has 0 saturated heterocycles. The van der Waals surface area contributed by atoms with Crippen LogP contribution in [0.25, 0.3) is 10.9 Å². The molecule has 0 unspecified atom stereocenters. The highest BCUT2D eigenvalue weighted by Crippen LogP contribution is 2.23. The number of guanidine groups is 1. The normalized spacial score (nSPS) is 10.5. The molecule has 1 heterocycles. The number of amides is 2. The molecular weight excluding hydrogens is 414 g/mol. The molecule has 1 aromatic heterocycles. The maximum absolute atomic E-state index is 12.8. The summed E-state index contributed by atoms with van der Waals surface area (Å²) in [5.74, 6) is -0.732. The lowest BCUT2D eigenvalue weighted by Crippen LogP contribution is -2.43. The van der Waals surface area contributed by atoms with E-state index >= 15 is 0 Å². The van der Waals surface area contributed by atoms with Crippen molar-refractivity contribution in [2.45, 2.75) is 20.8 Å². The highest BCUT2D eigenvalue weighted by atomic mass is 16.2. The van der Waals surface area contributed by atoms with Gasteiger partial charge in [0.1, 0.15) is 0 Å². The predicted molar refractivity (Wildman–Crippen MR) is 129 cm³/mol. The monoisotopic (exact) mass is 437 g/mol. The molecule has 3 aromatic carbocycles. The lowest BCUT2D eigenvalue weighted by atomic mass is 10.1. The van der Waals surface area contributed by atoms with Crippen LogP contribution >= 0.6 is 0 Å². The van der Waals surface area contributed by atoms with Gasteiger partial charge in [0, 0.05) is 16.5 Å². The maximum atomic E-state index is 12.8. The zero-order valence-corrected chi connectivity index (χ0v) is 18.6. The lowest BCUT2D eigenvalue weighted by Gasteiger charge is -2.11. The fourth-order valence-electron chi connectivity index (χ4n) is 3.50. The first-order valence-corrected chi connectivity index (χ1v) is 10.5. The fraction of sp³-hybridized carbons (Fsp3) is 0.115. The molecule has 7 nitrogen and oxygen atoms in total. The number of hydrogen-bond acceptors (Lipinski definition) is 5. The molecule has 0 aliphatic heterocycles. The van der Waals surface area contributed by atoms with Gasteiger partial charge in [0.2, 0.25) is 5.96 Å². The largest absolute Gasteiger partial charge is 0.292 e. The molecule has 2 amide bonds. The second kappa shape index (κ2) is 9.40. The van der Waals surface area contributed by atoms with Crippen LogP contribution in [-0.2, 0) is 0 Å². The molecule has 0 aliphatic carbocycles. The van der Waals surface area contributed by atoms with Crippen LogP contribution < -0.4 is 10.6 Å². The predicted octanol–water partition coefficient (Wildman–Crippen LogP) is 4.40. The number of benzene rings is 3. The van der Waals surface area contributed by atoms with Crippen molar-refractivity contribution in [2.75, 3.05) is 0 Å². The Bertz CT molecular complexity index is 1310. The van der Waals surface area contributed by atoms with Gasteiger partial charge in [0.15, 0.2) is 0 Å². The number of aromatic nitrogens is 2. The van der Waals surface area contributed by atoms with E-state index in [-0.39, 0.29) is 11.9 Å². The van der Waals surface area contributed by atoms with Gasteiger partial charge in [-0.25, -0.2) is 9.97 Å². The summed E-state index contributed by atoms with van der Waals surface area (Å²) in [5.41, 5.74) is 4.51. The van der Waals surface area contributed by atoms with E-state index in [1.807, 2.05) is 45.0 Å². The van der Waals surface area contributed by atoms with Crippen LogP contribution in [0.15, 0.2) is 77.8 Å². The van der Waals surface area contributed by atoms with Crippen molar-refractivity contribution in [1.29, 1.82) is 0 Å². The minimum Gasteiger partial charge on any atom is -0.292 e. The molecule has 0 radical (unpaired) electrons. The average molecular weight is 438 g/mol. The van der Waals surface area contributed by atoms with E-state index in [9.17, 15) is 9.59 Å². The second-order valence-electron chi connectivity index (χ2n) is 7.69. The highest BCUT2D eigenvalue weighted by molar-refractivity contribution is 6.13. The Labute approximate surface area is 191 Å².